The highest BCUT2D eigenvalue weighted by Crippen LogP contribution is 2.35. The zero-order chi connectivity index (χ0) is 24.0. The molecule has 1 aromatic carbocycles. The Bertz CT molecular complexity index is 1480. The van der Waals surface area contributed by atoms with Crippen LogP contribution in [0.2, 0.25) is 10.0 Å². The molecule has 3 N–H and O–H groups in total. The lowest BCUT2D eigenvalue weighted by atomic mass is 10.1. The minimum Gasteiger partial charge on any atom is -0.380 e. The maximum atomic E-state index is 12.9. The lowest BCUT2D eigenvalue weighted by Crippen LogP contribution is -2.37. The average molecular weight is 500 g/mol. The van der Waals surface area contributed by atoms with Gasteiger partial charge in [0.2, 0.25) is 5.58 Å². The molecule has 1 fully saturated rings. The summed E-state index contributed by atoms with van der Waals surface area (Å²) in [6, 6.07) is 4.99. The van der Waals surface area contributed by atoms with Crippen LogP contribution in [0.4, 0.5) is 11.6 Å². The first-order valence-corrected chi connectivity index (χ1v) is 11.1. The van der Waals surface area contributed by atoms with Gasteiger partial charge in [0.25, 0.3) is 5.91 Å². The second-order valence-electron chi connectivity index (χ2n) is 8.04. The smallest absolute Gasteiger partial charge is 0.347 e. The van der Waals surface area contributed by atoms with Crippen LogP contribution in [0.3, 0.4) is 0 Å². The molecule has 1 aliphatic heterocycles. The number of nitrogens with one attached hydrogen (secondary N) is 1. The number of aryl methyl sites for hydroxylation is 1. The van der Waals surface area contributed by atoms with Crippen molar-refractivity contribution in [3.63, 3.8) is 0 Å². The van der Waals surface area contributed by atoms with E-state index in [1.54, 1.807) is 31.4 Å². The standard InChI is InChI=1S/C22H19Cl2N7O3/c1-30-9-12(7-27-22(30)33)11-2-3-14(15(23)6-11)21(32)28-13-4-5-31(10-13)20-18-17(16(24)8-26-20)19(25)29-34-18/h2-3,6-9,13H,4-5,10H2,1H3,(H2,25,29)(H,28,32). The largest absolute Gasteiger partial charge is 0.380 e. The highest BCUT2D eigenvalue weighted by molar-refractivity contribution is 6.36. The topological polar surface area (TPSA) is 132 Å². The van der Waals surface area contributed by atoms with E-state index in [2.05, 4.69) is 20.4 Å². The van der Waals surface area contributed by atoms with Crippen LogP contribution in [0.5, 0.6) is 0 Å². The van der Waals surface area contributed by atoms with E-state index in [9.17, 15) is 9.59 Å². The van der Waals surface area contributed by atoms with Crippen molar-refractivity contribution in [2.45, 2.75) is 12.5 Å². The third-order valence-electron chi connectivity index (χ3n) is 5.78. The number of hydrogen-bond donors (Lipinski definition) is 2. The van der Waals surface area contributed by atoms with E-state index < -0.39 is 0 Å². The number of pyridine rings is 1. The average Bonchev–Trinajstić information content (AvgIpc) is 3.43. The summed E-state index contributed by atoms with van der Waals surface area (Å²) in [6.07, 6.45) is 5.36. The number of anilines is 2. The van der Waals surface area contributed by atoms with Crippen LogP contribution in [0.15, 0.2) is 46.1 Å². The lowest BCUT2D eigenvalue weighted by Gasteiger charge is -2.18. The molecule has 0 bridgehead atoms. The van der Waals surface area contributed by atoms with E-state index >= 15 is 0 Å². The van der Waals surface area contributed by atoms with E-state index in [1.165, 1.54) is 17.0 Å². The van der Waals surface area contributed by atoms with E-state index in [0.29, 0.717) is 51.9 Å². The third kappa shape index (κ3) is 3.95. The summed E-state index contributed by atoms with van der Waals surface area (Å²) in [7, 11) is 1.62. The van der Waals surface area contributed by atoms with Crippen molar-refractivity contribution in [1.82, 2.24) is 25.0 Å². The van der Waals surface area contributed by atoms with Gasteiger partial charge in [-0.3, -0.25) is 4.79 Å². The Morgan fingerprint density at radius 3 is 2.79 bits per heavy atom. The molecular weight excluding hydrogens is 481 g/mol. The molecule has 0 aliphatic carbocycles. The van der Waals surface area contributed by atoms with Crippen molar-refractivity contribution in [3.8, 4) is 11.1 Å². The lowest BCUT2D eigenvalue weighted by molar-refractivity contribution is 0.0940. The Balaban J connectivity index is 1.30. The zero-order valence-corrected chi connectivity index (χ0v) is 19.5. The summed E-state index contributed by atoms with van der Waals surface area (Å²) < 4.78 is 6.73. The van der Waals surface area contributed by atoms with Crippen molar-refractivity contribution in [1.29, 1.82) is 0 Å². The fourth-order valence-electron chi connectivity index (χ4n) is 4.03. The molecular formula is C22H19Cl2N7O3. The number of benzene rings is 1. The number of nitrogen functional groups attached to an aromatic ring is 1. The normalized spacial score (nSPS) is 15.7. The summed E-state index contributed by atoms with van der Waals surface area (Å²) in [5.41, 5.74) is 7.75. The summed E-state index contributed by atoms with van der Waals surface area (Å²) in [5.74, 6) is 0.507. The molecule has 0 spiro atoms. The molecule has 1 amide bonds. The van der Waals surface area contributed by atoms with E-state index in [0.717, 1.165) is 11.1 Å². The molecule has 0 saturated carbocycles. The second-order valence-corrected chi connectivity index (χ2v) is 8.85. The zero-order valence-electron chi connectivity index (χ0n) is 18.0. The molecule has 3 aromatic heterocycles. The molecule has 12 heteroatoms. The number of carbonyl (C=O) groups is 1. The second kappa shape index (κ2) is 8.62. The van der Waals surface area contributed by atoms with Crippen LogP contribution in [0.25, 0.3) is 22.1 Å². The minimum absolute atomic E-state index is 0.121. The fraction of sp³-hybridized carbons (Fsp3) is 0.227. The Labute approximate surface area is 203 Å². The van der Waals surface area contributed by atoms with Gasteiger partial charge in [-0.25, -0.2) is 14.8 Å². The van der Waals surface area contributed by atoms with Crippen molar-refractivity contribution >= 4 is 51.7 Å². The van der Waals surface area contributed by atoms with Gasteiger partial charge in [0.1, 0.15) is 0 Å². The number of carbonyl (C=O) groups excluding carboxylic acids is 1. The van der Waals surface area contributed by atoms with Crippen LogP contribution in [0, 0.1) is 0 Å². The number of nitrogens with two attached hydrogens (primary N) is 1. The number of hydrogen-bond acceptors (Lipinski definition) is 8. The molecule has 5 rings (SSSR count). The first-order chi connectivity index (χ1) is 16.3. The van der Waals surface area contributed by atoms with E-state index in [4.69, 9.17) is 33.5 Å². The molecule has 4 aromatic rings. The van der Waals surface area contributed by atoms with Gasteiger partial charge < -0.3 is 25.0 Å². The summed E-state index contributed by atoms with van der Waals surface area (Å²) >= 11 is 12.6. The van der Waals surface area contributed by atoms with Crippen molar-refractivity contribution in [2.24, 2.45) is 7.05 Å². The number of nitrogens with zero attached hydrogens (tertiary/aromatic N) is 5. The minimum atomic E-state index is -0.349. The first kappa shape index (κ1) is 22.2. The Morgan fingerprint density at radius 1 is 1.21 bits per heavy atom. The highest BCUT2D eigenvalue weighted by atomic mass is 35.5. The van der Waals surface area contributed by atoms with Gasteiger partial charge in [-0.2, -0.15) is 0 Å². The molecule has 4 heterocycles. The maximum Gasteiger partial charge on any atom is 0.347 e. The molecule has 0 radical (unpaired) electrons. The third-order valence-corrected chi connectivity index (χ3v) is 6.38. The maximum absolute atomic E-state index is 12.9. The Kier molecular flexibility index (Phi) is 5.62. The van der Waals surface area contributed by atoms with Gasteiger partial charge in [0.15, 0.2) is 11.6 Å². The molecule has 34 heavy (non-hydrogen) atoms. The van der Waals surface area contributed by atoms with Gasteiger partial charge >= 0.3 is 5.69 Å². The highest BCUT2D eigenvalue weighted by Gasteiger charge is 2.29. The Hall–Kier alpha value is -3.63. The Morgan fingerprint density at radius 2 is 2.03 bits per heavy atom. The summed E-state index contributed by atoms with van der Waals surface area (Å²) in [4.78, 5) is 34.6. The van der Waals surface area contributed by atoms with Gasteiger partial charge in [-0.1, -0.05) is 34.4 Å². The molecule has 1 unspecified atom stereocenters. The number of amides is 1. The molecule has 174 valence electrons. The van der Waals surface area contributed by atoms with E-state index in [-0.39, 0.29) is 23.5 Å². The summed E-state index contributed by atoms with van der Waals surface area (Å²) in [5, 5.41) is 8.02. The van der Waals surface area contributed by atoms with Crippen molar-refractivity contribution < 1.29 is 9.32 Å². The first-order valence-electron chi connectivity index (χ1n) is 10.4. The fourth-order valence-corrected chi connectivity index (χ4v) is 4.52. The molecule has 1 atom stereocenters. The number of aromatic nitrogens is 4. The monoisotopic (exact) mass is 499 g/mol. The number of fused-ring (bicyclic) bond motifs is 1. The molecule has 10 nitrogen and oxygen atoms in total. The van der Waals surface area contributed by atoms with Crippen molar-refractivity contribution in [2.75, 3.05) is 23.7 Å². The SMILES string of the molecule is Cn1cc(-c2ccc(C(=O)NC3CCN(c4ncc(Cl)c5c(N)noc45)C3)c(Cl)c2)cnc1=O. The van der Waals surface area contributed by atoms with Gasteiger partial charge in [0, 0.05) is 50.3 Å². The predicted octanol–water partition coefficient (Wildman–Crippen LogP) is 2.88. The molecule has 1 aliphatic rings. The van der Waals surface area contributed by atoms with Gasteiger partial charge in [-0.05, 0) is 24.1 Å². The van der Waals surface area contributed by atoms with Crippen LogP contribution < -0.4 is 21.6 Å². The van der Waals surface area contributed by atoms with Crippen molar-refractivity contribution in [3.05, 3.63) is 62.9 Å². The van der Waals surface area contributed by atoms with Crippen LogP contribution in [0.1, 0.15) is 16.8 Å². The quantitative estimate of drug-likeness (QED) is 0.437. The van der Waals surface area contributed by atoms with Crippen LogP contribution in [-0.2, 0) is 7.05 Å². The van der Waals surface area contributed by atoms with Crippen LogP contribution >= 0.6 is 23.2 Å². The summed E-state index contributed by atoms with van der Waals surface area (Å²) in [6.45, 7) is 1.18. The number of rotatable bonds is 4. The predicted molar refractivity (Wildman–Crippen MR) is 129 cm³/mol. The van der Waals surface area contributed by atoms with Crippen LogP contribution in [-0.4, -0.2) is 44.7 Å². The number of halogens is 2. The van der Waals surface area contributed by atoms with E-state index in [1.807, 2.05) is 4.90 Å². The van der Waals surface area contributed by atoms with Gasteiger partial charge in [0.05, 0.1) is 21.0 Å². The van der Waals surface area contributed by atoms with Gasteiger partial charge in [-0.15, -0.1) is 0 Å². The molecule has 1 saturated heterocycles.